The largest absolute Gasteiger partial charge is 0.233 e. The zero-order chi connectivity index (χ0) is 34.4. The number of hydrogen-bond acceptors (Lipinski definition) is 6. The molecule has 0 aliphatic rings. The average Bonchev–Trinajstić information content (AvgIpc) is 3.84. The van der Waals surface area contributed by atoms with E-state index >= 15 is 0 Å². The van der Waals surface area contributed by atoms with Gasteiger partial charge in [0, 0.05) is 36.9 Å². The molecule has 244 valence electrons. The number of thiazole rings is 1. The van der Waals surface area contributed by atoms with E-state index in [0.717, 1.165) is 31.9 Å². The van der Waals surface area contributed by atoms with Gasteiger partial charge in [0.25, 0.3) is 0 Å². The summed E-state index contributed by atoms with van der Waals surface area (Å²) in [5.74, 6) is 1.81. The first-order valence-corrected chi connectivity index (χ1v) is 18.8. The van der Waals surface area contributed by atoms with Gasteiger partial charge in [0.1, 0.15) is 0 Å². The van der Waals surface area contributed by atoms with Gasteiger partial charge in [0.2, 0.25) is 0 Å². The van der Waals surface area contributed by atoms with Crippen molar-refractivity contribution < 1.29 is 0 Å². The third-order valence-electron chi connectivity index (χ3n) is 9.37. The monoisotopic (exact) mass is 700 g/mol. The van der Waals surface area contributed by atoms with Gasteiger partial charge in [0.15, 0.2) is 22.5 Å². The van der Waals surface area contributed by atoms with Gasteiger partial charge in [-0.3, -0.25) is 0 Å². The zero-order valence-electron chi connectivity index (χ0n) is 27.8. The molecule has 0 fully saturated rings. The second-order valence-corrected chi connectivity index (χ2v) is 14.7. The molecule has 0 saturated carbocycles. The number of para-hydroxylation sites is 1. The lowest BCUT2D eigenvalue weighted by atomic mass is 9.94. The average molecular weight is 701 g/mol. The molecular weight excluding hydrogens is 673 g/mol. The molecule has 3 aromatic heterocycles. The van der Waals surface area contributed by atoms with Gasteiger partial charge in [-0.1, -0.05) is 140 Å². The Labute approximate surface area is 308 Å². The van der Waals surface area contributed by atoms with Crippen molar-refractivity contribution in [3.8, 4) is 67.0 Å². The molecule has 0 N–H and O–H groups in total. The highest BCUT2D eigenvalue weighted by Crippen LogP contribution is 2.46. The SMILES string of the molecule is c1ccc(-c2cc(-c3cccc(-c4nc(-c5ccccc5)nc(-c5nc6ccccc6s5)n4)c3)c3sc4c(-c5ccccc5)cccc4c3c2)cc1. The summed E-state index contributed by atoms with van der Waals surface area (Å²) in [5, 5.41) is 3.29. The molecule has 0 aliphatic heterocycles. The van der Waals surface area contributed by atoms with Crippen LogP contribution in [0.15, 0.2) is 170 Å². The number of benzene rings is 7. The fraction of sp³-hybridized carbons (Fsp3) is 0. The molecule has 0 saturated heterocycles. The van der Waals surface area contributed by atoms with Crippen LogP contribution in [-0.4, -0.2) is 19.9 Å². The number of thiophene rings is 1. The highest BCUT2D eigenvalue weighted by Gasteiger charge is 2.19. The van der Waals surface area contributed by atoms with Crippen LogP contribution in [0.25, 0.3) is 97.4 Å². The molecule has 6 heteroatoms. The smallest absolute Gasteiger partial charge is 0.192 e. The summed E-state index contributed by atoms with van der Waals surface area (Å²) in [6.45, 7) is 0. The van der Waals surface area contributed by atoms with Crippen LogP contribution in [0, 0.1) is 0 Å². The maximum Gasteiger partial charge on any atom is 0.192 e. The second-order valence-electron chi connectivity index (χ2n) is 12.7. The number of fused-ring (bicyclic) bond motifs is 4. The lowest BCUT2D eigenvalue weighted by Gasteiger charge is -2.11. The van der Waals surface area contributed by atoms with E-state index in [0.29, 0.717) is 17.5 Å². The molecule has 3 heterocycles. The Balaban J connectivity index is 1.18. The van der Waals surface area contributed by atoms with Crippen molar-refractivity contribution in [1.82, 2.24) is 19.9 Å². The highest BCUT2D eigenvalue weighted by molar-refractivity contribution is 7.27. The van der Waals surface area contributed by atoms with Crippen molar-refractivity contribution in [2.75, 3.05) is 0 Å². The van der Waals surface area contributed by atoms with Crippen LogP contribution >= 0.6 is 22.7 Å². The van der Waals surface area contributed by atoms with Crippen molar-refractivity contribution in [2.24, 2.45) is 0 Å². The summed E-state index contributed by atoms with van der Waals surface area (Å²) in [7, 11) is 0. The highest BCUT2D eigenvalue weighted by atomic mass is 32.1. The van der Waals surface area contributed by atoms with E-state index < -0.39 is 0 Å². The molecule has 4 nitrogen and oxygen atoms in total. The standard InChI is InChI=1S/C46H28N4S2/c1-4-14-29(15-5-1)34-27-37(42-38(28-34)36-23-13-22-35(41(36)52-42)30-16-6-2-7-17-30)32-20-12-21-33(26-32)44-48-43(31-18-8-3-9-19-31)49-45(50-44)46-47-39-24-10-11-25-40(39)51-46/h1-28H. The minimum atomic E-state index is 0.571. The molecule has 0 radical (unpaired) electrons. The molecular formula is C46H28N4S2. The predicted octanol–water partition coefficient (Wildman–Crippen LogP) is 12.9. The zero-order valence-corrected chi connectivity index (χ0v) is 29.4. The van der Waals surface area contributed by atoms with E-state index in [9.17, 15) is 0 Å². The maximum atomic E-state index is 5.07. The number of aromatic nitrogens is 4. The quantitative estimate of drug-likeness (QED) is 0.173. The van der Waals surface area contributed by atoms with E-state index in [1.54, 1.807) is 11.3 Å². The molecule has 0 amide bonds. The van der Waals surface area contributed by atoms with Gasteiger partial charge in [0.05, 0.1) is 10.2 Å². The van der Waals surface area contributed by atoms with Crippen molar-refractivity contribution in [1.29, 1.82) is 0 Å². The van der Waals surface area contributed by atoms with E-state index in [2.05, 4.69) is 121 Å². The molecule has 0 atom stereocenters. The summed E-state index contributed by atoms with van der Waals surface area (Å²) < 4.78 is 3.64. The minimum absolute atomic E-state index is 0.571. The van der Waals surface area contributed by atoms with Crippen LogP contribution in [0.4, 0.5) is 0 Å². The predicted molar refractivity (Wildman–Crippen MR) is 219 cm³/mol. The third kappa shape index (κ3) is 5.46. The van der Waals surface area contributed by atoms with Gasteiger partial charge in [-0.15, -0.1) is 22.7 Å². The fourth-order valence-corrected chi connectivity index (χ4v) is 9.12. The second kappa shape index (κ2) is 12.8. The van der Waals surface area contributed by atoms with Gasteiger partial charge in [-0.2, -0.15) is 0 Å². The van der Waals surface area contributed by atoms with E-state index in [4.69, 9.17) is 19.9 Å². The summed E-state index contributed by atoms with van der Waals surface area (Å²) in [4.78, 5) is 20.0. The molecule has 0 aliphatic carbocycles. The molecule has 52 heavy (non-hydrogen) atoms. The summed E-state index contributed by atoms with van der Waals surface area (Å²) >= 11 is 3.46. The van der Waals surface area contributed by atoms with Gasteiger partial charge >= 0.3 is 0 Å². The Kier molecular flexibility index (Phi) is 7.48. The van der Waals surface area contributed by atoms with Gasteiger partial charge in [-0.25, -0.2) is 19.9 Å². The van der Waals surface area contributed by atoms with Crippen LogP contribution in [0.2, 0.25) is 0 Å². The van der Waals surface area contributed by atoms with Crippen molar-refractivity contribution in [3.05, 3.63) is 170 Å². The van der Waals surface area contributed by atoms with Crippen molar-refractivity contribution >= 4 is 53.1 Å². The Morgan fingerprint density at radius 2 is 0.923 bits per heavy atom. The van der Waals surface area contributed by atoms with Crippen LogP contribution in [0.1, 0.15) is 0 Å². The first-order chi connectivity index (χ1) is 25.7. The number of hydrogen-bond donors (Lipinski definition) is 0. The van der Waals surface area contributed by atoms with E-state index in [-0.39, 0.29) is 0 Å². The topological polar surface area (TPSA) is 51.6 Å². The first kappa shape index (κ1) is 30.5. The number of nitrogens with zero attached hydrogens (tertiary/aromatic N) is 4. The Hall–Kier alpha value is -6.34. The third-order valence-corrected chi connectivity index (χ3v) is 11.7. The van der Waals surface area contributed by atoms with Crippen LogP contribution in [-0.2, 0) is 0 Å². The first-order valence-electron chi connectivity index (χ1n) is 17.1. The van der Waals surface area contributed by atoms with Gasteiger partial charge < -0.3 is 0 Å². The Morgan fingerprint density at radius 1 is 0.327 bits per heavy atom. The van der Waals surface area contributed by atoms with Gasteiger partial charge in [-0.05, 0) is 58.1 Å². The molecule has 10 aromatic rings. The molecule has 0 bridgehead atoms. The maximum absolute atomic E-state index is 5.07. The molecule has 0 unspecified atom stereocenters. The molecule has 0 spiro atoms. The Bertz CT molecular complexity index is 2870. The van der Waals surface area contributed by atoms with Crippen LogP contribution < -0.4 is 0 Å². The summed E-state index contributed by atoms with van der Waals surface area (Å²) in [6.07, 6.45) is 0. The Morgan fingerprint density at radius 3 is 1.69 bits per heavy atom. The van der Waals surface area contributed by atoms with Crippen LogP contribution in [0.5, 0.6) is 0 Å². The number of rotatable bonds is 6. The van der Waals surface area contributed by atoms with E-state index in [1.165, 1.54) is 48.0 Å². The molecule has 10 rings (SSSR count). The normalized spacial score (nSPS) is 11.5. The molecule has 7 aromatic carbocycles. The minimum Gasteiger partial charge on any atom is -0.233 e. The lowest BCUT2D eigenvalue weighted by Crippen LogP contribution is -2.00. The van der Waals surface area contributed by atoms with E-state index in [1.807, 2.05) is 59.9 Å². The lowest BCUT2D eigenvalue weighted by molar-refractivity contribution is 1.07. The fourth-order valence-electron chi connectivity index (χ4n) is 6.87. The van der Waals surface area contributed by atoms with Crippen molar-refractivity contribution in [3.63, 3.8) is 0 Å². The van der Waals surface area contributed by atoms with Crippen molar-refractivity contribution in [2.45, 2.75) is 0 Å². The summed E-state index contributed by atoms with van der Waals surface area (Å²) in [5.41, 5.74) is 9.92. The summed E-state index contributed by atoms with van der Waals surface area (Å²) in [6, 6.07) is 59.6. The van der Waals surface area contributed by atoms with Crippen LogP contribution in [0.3, 0.4) is 0 Å².